The first-order valence-electron chi connectivity index (χ1n) is 39.2. The summed E-state index contributed by atoms with van der Waals surface area (Å²) >= 11 is 0. The number of unbranched alkanes of at least 4 members (excludes halogenated alkanes) is 53. The number of carboxylic acid groups (broad SMARTS) is 1. The molecule has 0 amide bonds. The fraction of sp³-hybridized carbons (Fsp3) is 0.887. The number of carbonyl (C=O) groups excluding carboxylic acids is 2. The Bertz CT molecular complexity index is 1550. The molecule has 2 atom stereocenters. The highest BCUT2D eigenvalue weighted by Crippen LogP contribution is 2.20. The lowest BCUT2D eigenvalue weighted by molar-refractivity contribution is -0.870. The van der Waals surface area contributed by atoms with Crippen LogP contribution in [0.25, 0.3) is 0 Å². The maximum absolute atomic E-state index is 12.9. The second-order valence-electron chi connectivity index (χ2n) is 28.0. The van der Waals surface area contributed by atoms with Gasteiger partial charge in [-0.25, -0.2) is 4.79 Å². The molecule has 89 heavy (non-hydrogen) atoms. The van der Waals surface area contributed by atoms with Gasteiger partial charge in [0.25, 0.3) is 6.29 Å². The van der Waals surface area contributed by atoms with Gasteiger partial charge in [0.2, 0.25) is 0 Å². The summed E-state index contributed by atoms with van der Waals surface area (Å²) in [6, 6.07) is 0. The Labute approximate surface area is 553 Å². The zero-order chi connectivity index (χ0) is 64.7. The van der Waals surface area contributed by atoms with E-state index in [1.54, 1.807) is 0 Å². The fourth-order valence-electron chi connectivity index (χ4n) is 11.9. The number of aliphatic carboxylic acids is 1. The topological polar surface area (TPSA) is 108 Å². The molecule has 2 unspecified atom stereocenters. The molecule has 524 valence electrons. The molecule has 0 bridgehead atoms. The monoisotopic (exact) mass is 1260 g/mol. The highest BCUT2D eigenvalue weighted by molar-refractivity contribution is 5.71. The second kappa shape index (κ2) is 71.4. The van der Waals surface area contributed by atoms with Gasteiger partial charge in [0.15, 0.2) is 6.10 Å². The van der Waals surface area contributed by atoms with Crippen molar-refractivity contribution in [1.82, 2.24) is 0 Å². The van der Waals surface area contributed by atoms with E-state index in [9.17, 15) is 19.5 Å². The maximum Gasteiger partial charge on any atom is 0.361 e. The number of nitrogens with zero attached hydrogens (tertiary/aromatic N) is 1. The highest BCUT2D eigenvalue weighted by atomic mass is 16.7. The van der Waals surface area contributed by atoms with Crippen LogP contribution in [-0.2, 0) is 33.3 Å². The van der Waals surface area contributed by atoms with Crippen LogP contribution < -0.4 is 0 Å². The van der Waals surface area contributed by atoms with Crippen molar-refractivity contribution in [3.05, 3.63) is 36.5 Å². The molecule has 0 aliphatic rings. The van der Waals surface area contributed by atoms with Crippen molar-refractivity contribution in [2.45, 2.75) is 411 Å². The number of carbonyl (C=O) groups is 3. The minimum atomic E-state index is -1.51. The summed E-state index contributed by atoms with van der Waals surface area (Å²) in [5.74, 6) is -1.99. The third-order valence-corrected chi connectivity index (χ3v) is 17.9. The molecule has 1 N–H and O–H groups in total. The molecule has 0 aromatic carbocycles. The Balaban J connectivity index is 3.92. The lowest BCUT2D eigenvalue weighted by Gasteiger charge is -2.25. The summed E-state index contributed by atoms with van der Waals surface area (Å²) in [4.78, 5) is 37.7. The van der Waals surface area contributed by atoms with Crippen molar-refractivity contribution in [1.29, 1.82) is 0 Å². The second-order valence-corrected chi connectivity index (χ2v) is 28.0. The van der Waals surface area contributed by atoms with Crippen LogP contribution in [0.1, 0.15) is 399 Å². The molecule has 0 fully saturated rings. The van der Waals surface area contributed by atoms with E-state index in [0.717, 1.165) is 57.8 Å². The van der Waals surface area contributed by atoms with Crippen molar-refractivity contribution >= 4 is 17.9 Å². The van der Waals surface area contributed by atoms with E-state index in [4.69, 9.17) is 18.9 Å². The third kappa shape index (κ3) is 72.8. The van der Waals surface area contributed by atoms with Gasteiger partial charge in [-0.05, 0) is 51.4 Å². The van der Waals surface area contributed by atoms with Gasteiger partial charge in [0, 0.05) is 12.8 Å². The Kier molecular flexibility index (Phi) is 69.4. The van der Waals surface area contributed by atoms with E-state index in [-0.39, 0.29) is 32.2 Å². The molecule has 0 radical (unpaired) electrons. The van der Waals surface area contributed by atoms with Crippen molar-refractivity contribution in [2.24, 2.45) is 0 Å². The largest absolute Gasteiger partial charge is 0.477 e. The van der Waals surface area contributed by atoms with Crippen molar-refractivity contribution in [3.8, 4) is 0 Å². The number of likely N-dealkylation sites (N-methyl/N-ethyl adjacent to an activating group) is 1. The number of rotatable bonds is 74. The van der Waals surface area contributed by atoms with Gasteiger partial charge in [0.05, 0.1) is 34.4 Å². The summed E-state index contributed by atoms with van der Waals surface area (Å²) in [7, 11) is 5.99. The lowest BCUT2D eigenvalue weighted by Crippen LogP contribution is -2.40. The van der Waals surface area contributed by atoms with E-state index < -0.39 is 24.3 Å². The molecule has 9 heteroatoms. The van der Waals surface area contributed by atoms with E-state index in [2.05, 4.69) is 50.3 Å². The molecule has 0 aromatic heterocycles. The quantitative estimate of drug-likeness (QED) is 0.0211. The maximum atomic E-state index is 12.9. The first-order chi connectivity index (χ1) is 43.6. The summed E-state index contributed by atoms with van der Waals surface area (Å²) in [6.45, 7) is 4.92. The Morgan fingerprint density at radius 3 is 0.899 bits per heavy atom. The Morgan fingerprint density at radius 1 is 0.337 bits per heavy atom. The summed E-state index contributed by atoms with van der Waals surface area (Å²) in [6.07, 6.45) is 88.8. The van der Waals surface area contributed by atoms with E-state index in [0.29, 0.717) is 23.9 Å². The van der Waals surface area contributed by atoms with Crippen LogP contribution >= 0.6 is 0 Å². The van der Waals surface area contributed by atoms with Gasteiger partial charge in [-0.3, -0.25) is 9.59 Å². The van der Waals surface area contributed by atoms with Gasteiger partial charge in [-0.2, -0.15) is 0 Å². The average Bonchev–Trinajstić information content (AvgIpc) is 3.64. The zero-order valence-corrected chi connectivity index (χ0v) is 60.1. The van der Waals surface area contributed by atoms with Crippen molar-refractivity contribution < 1.29 is 42.9 Å². The van der Waals surface area contributed by atoms with E-state index in [1.165, 1.54) is 308 Å². The van der Waals surface area contributed by atoms with Gasteiger partial charge in [-0.1, -0.05) is 371 Å². The van der Waals surface area contributed by atoms with Crippen LogP contribution in [0.2, 0.25) is 0 Å². The lowest BCUT2D eigenvalue weighted by atomic mass is 10.0. The molecule has 0 heterocycles. The van der Waals surface area contributed by atoms with Gasteiger partial charge in [0.1, 0.15) is 13.2 Å². The van der Waals surface area contributed by atoms with Crippen LogP contribution in [0.5, 0.6) is 0 Å². The first-order valence-corrected chi connectivity index (χ1v) is 39.2. The van der Waals surface area contributed by atoms with Gasteiger partial charge in [-0.15, -0.1) is 0 Å². The molecule has 0 aliphatic carbocycles. The van der Waals surface area contributed by atoms with E-state index in [1.807, 2.05) is 21.1 Å². The molecule has 0 rings (SSSR count). The molecular weight excluding hydrogens is 1100 g/mol. The molecule has 9 nitrogen and oxygen atoms in total. The number of allylic oxidation sites excluding steroid dienone is 6. The van der Waals surface area contributed by atoms with Crippen LogP contribution in [0, 0.1) is 0 Å². The molecule has 0 aromatic rings. The van der Waals surface area contributed by atoms with Crippen molar-refractivity contribution in [3.63, 3.8) is 0 Å². The molecule has 0 spiro atoms. The van der Waals surface area contributed by atoms with Crippen molar-refractivity contribution in [2.75, 3.05) is 47.5 Å². The fourth-order valence-corrected chi connectivity index (χ4v) is 11.9. The summed E-state index contributed by atoms with van der Waals surface area (Å²) in [5, 5.41) is 9.75. The average molecular weight is 1260 g/mol. The Hall–Kier alpha value is -2.49. The molecule has 0 aliphatic heterocycles. The summed E-state index contributed by atoms with van der Waals surface area (Å²) in [5.41, 5.74) is 0. The minimum absolute atomic E-state index is 0.181. The smallest absolute Gasteiger partial charge is 0.361 e. The minimum Gasteiger partial charge on any atom is -0.477 e. The standard InChI is InChI=1S/C80H151NO8/c1-6-8-10-12-14-16-18-20-22-24-26-28-30-31-32-33-34-35-36-37-38-39-40-41-42-43-44-45-46-47-49-50-52-54-56-58-60-62-64-66-68-70-77(82)87-74-76(75-88-80(79(84)85)86-73-72-81(3,4)5)89-78(83)71-69-67-65-63-61-59-57-55-53-51-48-29-27-25-23-21-19-17-15-13-11-9-7-2/h19,21,25,27,48,51,76,80H,6-18,20,22-24,26,28-47,49-50,52-75H2,1-5H3/p+1/b21-19-,27-25-,51-48-. The number of ether oxygens (including phenoxy) is 4. The van der Waals surface area contributed by atoms with Gasteiger partial charge < -0.3 is 28.5 Å². The summed E-state index contributed by atoms with van der Waals surface area (Å²) < 4.78 is 23.0. The van der Waals surface area contributed by atoms with Crippen LogP contribution in [0.15, 0.2) is 36.5 Å². The Morgan fingerprint density at radius 2 is 0.607 bits per heavy atom. The van der Waals surface area contributed by atoms with Crippen LogP contribution in [0.3, 0.4) is 0 Å². The van der Waals surface area contributed by atoms with Crippen LogP contribution in [-0.4, -0.2) is 87.4 Å². The number of hydrogen-bond acceptors (Lipinski definition) is 7. The predicted octanol–water partition coefficient (Wildman–Crippen LogP) is 24.7. The number of carboxylic acids is 1. The zero-order valence-electron chi connectivity index (χ0n) is 60.1. The SMILES string of the molecule is CCCCCCC/C=C\C/C=C\C/C=C\CCCCCCCCCCC(=O)OC(COC(=O)CCCCCCCCCCCCCCCCCCCCCCCCCCCCCCCCCCCCCCCCCCC)COC(OCC[N+](C)(C)C)C(=O)O. The molecule has 0 saturated heterocycles. The highest BCUT2D eigenvalue weighted by Gasteiger charge is 2.25. The van der Waals surface area contributed by atoms with Gasteiger partial charge >= 0.3 is 17.9 Å². The number of esters is 2. The molecular formula is C80H152NO8+. The third-order valence-electron chi connectivity index (χ3n) is 17.9. The van der Waals surface area contributed by atoms with E-state index >= 15 is 0 Å². The molecule has 0 saturated carbocycles. The first kappa shape index (κ1) is 86.5. The van der Waals surface area contributed by atoms with Crippen LogP contribution in [0.4, 0.5) is 0 Å². The number of quaternary nitrogens is 1. The normalized spacial score (nSPS) is 12.8. The predicted molar refractivity (Wildman–Crippen MR) is 383 cm³/mol. The number of hydrogen-bond donors (Lipinski definition) is 1.